The van der Waals surface area contributed by atoms with Crippen LogP contribution in [0.5, 0.6) is 0 Å². The monoisotopic (exact) mass is 422 g/mol. The summed E-state index contributed by atoms with van der Waals surface area (Å²) < 4.78 is 1.03. The molecule has 3 nitrogen and oxygen atoms in total. The summed E-state index contributed by atoms with van der Waals surface area (Å²) >= 11 is 8.40. The number of nitrogens with zero attached hydrogens (tertiary/aromatic N) is 1. The van der Waals surface area contributed by atoms with Crippen LogP contribution in [-0.4, -0.2) is 11.7 Å². The van der Waals surface area contributed by atoms with Crippen LogP contribution in [0.2, 0.25) is 5.02 Å². The molecular weight excluding hydrogens is 411 g/mol. The van der Waals surface area contributed by atoms with E-state index in [2.05, 4.69) is 32.9 Å². The van der Waals surface area contributed by atoms with Gasteiger partial charge in [-0.15, -0.1) is 0 Å². The van der Waals surface area contributed by atoms with Gasteiger partial charge < -0.3 is 5.32 Å². The van der Waals surface area contributed by atoms with Gasteiger partial charge in [-0.3, -0.25) is 4.79 Å². The van der Waals surface area contributed by atoms with Gasteiger partial charge in [0.05, 0.1) is 5.02 Å². The van der Waals surface area contributed by atoms with Crippen molar-refractivity contribution in [2.75, 3.05) is 0 Å². The Bertz CT molecular complexity index is 827. The number of amides is 1. The molecule has 5 heteroatoms. The molecule has 0 spiro atoms. The molecule has 0 unspecified atom stereocenters. The highest BCUT2D eigenvalue weighted by atomic mass is 127. The van der Waals surface area contributed by atoms with Crippen molar-refractivity contribution in [3.63, 3.8) is 0 Å². The molecule has 1 amide bonds. The van der Waals surface area contributed by atoms with Crippen LogP contribution in [-0.2, 0) is 4.79 Å². The van der Waals surface area contributed by atoms with Crippen LogP contribution in [0.15, 0.2) is 53.2 Å². The molecule has 0 atom stereocenters. The van der Waals surface area contributed by atoms with Gasteiger partial charge in [0, 0.05) is 9.13 Å². The number of amidine groups is 1. The number of benzene rings is 2. The third-order valence-electron chi connectivity index (χ3n) is 3.23. The van der Waals surface area contributed by atoms with Crippen molar-refractivity contribution < 1.29 is 4.79 Å². The third kappa shape index (κ3) is 3.23. The van der Waals surface area contributed by atoms with Crippen LogP contribution >= 0.6 is 34.2 Å². The van der Waals surface area contributed by atoms with Gasteiger partial charge in [0.1, 0.15) is 11.5 Å². The fourth-order valence-corrected chi connectivity index (χ4v) is 2.89. The van der Waals surface area contributed by atoms with Crippen molar-refractivity contribution in [1.29, 1.82) is 0 Å². The van der Waals surface area contributed by atoms with Crippen LogP contribution in [0.4, 0.5) is 0 Å². The number of hydrogen-bond donors (Lipinski definition) is 1. The van der Waals surface area contributed by atoms with E-state index in [1.807, 2.05) is 43.3 Å². The first kappa shape index (κ1) is 15.2. The van der Waals surface area contributed by atoms with Gasteiger partial charge in [-0.2, -0.15) is 0 Å². The molecule has 1 aliphatic heterocycles. The van der Waals surface area contributed by atoms with E-state index in [-0.39, 0.29) is 5.91 Å². The van der Waals surface area contributed by atoms with Crippen molar-refractivity contribution in [2.45, 2.75) is 6.92 Å². The van der Waals surface area contributed by atoms with E-state index >= 15 is 0 Å². The average molecular weight is 423 g/mol. The first-order valence-corrected chi connectivity index (χ1v) is 8.12. The average Bonchev–Trinajstić information content (AvgIpc) is 2.83. The van der Waals surface area contributed by atoms with Crippen molar-refractivity contribution in [1.82, 2.24) is 5.32 Å². The molecule has 1 heterocycles. The van der Waals surface area contributed by atoms with Gasteiger partial charge in [-0.25, -0.2) is 4.99 Å². The number of aryl methyl sites for hydroxylation is 1. The minimum atomic E-state index is -0.216. The van der Waals surface area contributed by atoms with Crippen molar-refractivity contribution in [3.8, 4) is 0 Å². The smallest absolute Gasteiger partial charge is 0.275 e. The molecule has 22 heavy (non-hydrogen) atoms. The minimum absolute atomic E-state index is 0.216. The fraction of sp³-hybridized carbons (Fsp3) is 0.0588. The Hall–Kier alpha value is -1.66. The van der Waals surface area contributed by atoms with E-state index < -0.39 is 0 Å². The lowest BCUT2D eigenvalue weighted by atomic mass is 10.1. The Kier molecular flexibility index (Phi) is 4.31. The number of carbonyl (C=O) groups is 1. The molecule has 2 aromatic carbocycles. The summed E-state index contributed by atoms with van der Waals surface area (Å²) in [5.41, 5.74) is 3.20. The number of hydrogen-bond acceptors (Lipinski definition) is 2. The maximum atomic E-state index is 12.1. The van der Waals surface area contributed by atoms with Crippen LogP contribution in [0.3, 0.4) is 0 Å². The van der Waals surface area contributed by atoms with E-state index in [1.165, 1.54) is 0 Å². The maximum absolute atomic E-state index is 12.1. The minimum Gasteiger partial charge on any atom is -0.305 e. The highest BCUT2D eigenvalue weighted by molar-refractivity contribution is 14.1. The Morgan fingerprint density at radius 1 is 1.23 bits per heavy atom. The van der Waals surface area contributed by atoms with Gasteiger partial charge >= 0.3 is 0 Å². The number of carbonyl (C=O) groups excluding carboxylic acids is 1. The lowest BCUT2D eigenvalue weighted by Crippen LogP contribution is -2.25. The van der Waals surface area contributed by atoms with Crippen LogP contribution in [0.25, 0.3) is 6.08 Å². The van der Waals surface area contributed by atoms with Crippen molar-refractivity contribution >= 4 is 52.0 Å². The summed E-state index contributed by atoms with van der Waals surface area (Å²) in [4.78, 5) is 16.5. The standard InChI is InChI=1S/C17H12ClIN2O/c1-10-3-2-4-11(7-10)8-15-17(22)21-16(20-15)13-9-12(19)5-6-14(13)18/h2-9H,1H3,(H,20,21,22)/b15-8+. The fourth-order valence-electron chi connectivity index (χ4n) is 2.19. The van der Waals surface area contributed by atoms with Crippen molar-refractivity contribution in [2.24, 2.45) is 4.99 Å². The third-order valence-corrected chi connectivity index (χ3v) is 4.23. The van der Waals surface area contributed by atoms with Gasteiger partial charge in [0.25, 0.3) is 5.91 Å². The number of aliphatic imine (C=N–C) groups is 1. The molecule has 2 aromatic rings. The maximum Gasteiger partial charge on any atom is 0.275 e. The zero-order valence-electron chi connectivity index (χ0n) is 11.7. The van der Waals surface area contributed by atoms with Gasteiger partial charge in [-0.1, -0.05) is 41.4 Å². The highest BCUT2D eigenvalue weighted by Crippen LogP contribution is 2.22. The lowest BCUT2D eigenvalue weighted by molar-refractivity contribution is -0.115. The summed E-state index contributed by atoms with van der Waals surface area (Å²) in [6, 6.07) is 13.5. The molecule has 0 aromatic heterocycles. The van der Waals surface area contributed by atoms with E-state index in [1.54, 1.807) is 12.1 Å². The SMILES string of the molecule is Cc1cccc(/C=C2/N=C(c3cc(I)ccc3Cl)NC2=O)c1. The molecule has 3 rings (SSSR count). The molecule has 1 N–H and O–H groups in total. The second kappa shape index (κ2) is 6.22. The number of nitrogens with one attached hydrogen (secondary N) is 1. The Morgan fingerprint density at radius 2 is 2.05 bits per heavy atom. The van der Waals surface area contributed by atoms with E-state index in [9.17, 15) is 4.79 Å². The Balaban J connectivity index is 2.00. The molecule has 0 saturated heterocycles. The van der Waals surface area contributed by atoms with E-state index in [0.29, 0.717) is 16.6 Å². The van der Waals surface area contributed by atoms with Gasteiger partial charge in [0.15, 0.2) is 0 Å². The largest absolute Gasteiger partial charge is 0.305 e. The van der Waals surface area contributed by atoms with Gasteiger partial charge in [0.2, 0.25) is 0 Å². The summed E-state index contributed by atoms with van der Waals surface area (Å²) in [5, 5.41) is 3.34. The van der Waals surface area contributed by atoms with Crippen LogP contribution in [0.1, 0.15) is 16.7 Å². The predicted octanol–water partition coefficient (Wildman–Crippen LogP) is 4.17. The zero-order valence-corrected chi connectivity index (χ0v) is 14.6. The Labute approximate surface area is 147 Å². The normalized spacial score (nSPS) is 15.9. The number of halogens is 2. The molecule has 0 saturated carbocycles. The quantitative estimate of drug-likeness (QED) is 0.573. The molecule has 1 aliphatic rings. The van der Waals surface area contributed by atoms with E-state index in [0.717, 1.165) is 20.3 Å². The van der Waals surface area contributed by atoms with Crippen LogP contribution in [0, 0.1) is 10.5 Å². The summed E-state index contributed by atoms with van der Waals surface area (Å²) in [6.07, 6.45) is 1.77. The molecule has 0 radical (unpaired) electrons. The van der Waals surface area contributed by atoms with Crippen LogP contribution < -0.4 is 5.32 Å². The highest BCUT2D eigenvalue weighted by Gasteiger charge is 2.22. The molecule has 110 valence electrons. The van der Waals surface area contributed by atoms with Gasteiger partial charge in [-0.05, 0) is 59.4 Å². The lowest BCUT2D eigenvalue weighted by Gasteiger charge is -2.03. The first-order valence-electron chi connectivity index (χ1n) is 6.67. The molecule has 0 fully saturated rings. The van der Waals surface area contributed by atoms with Crippen molar-refractivity contribution in [3.05, 3.63) is 73.4 Å². The van der Waals surface area contributed by atoms with E-state index in [4.69, 9.17) is 11.6 Å². The second-order valence-electron chi connectivity index (χ2n) is 4.98. The second-order valence-corrected chi connectivity index (χ2v) is 6.64. The molecule has 0 aliphatic carbocycles. The molecule has 0 bridgehead atoms. The Morgan fingerprint density at radius 3 is 2.82 bits per heavy atom. The zero-order chi connectivity index (χ0) is 15.7. The predicted molar refractivity (Wildman–Crippen MR) is 98.0 cm³/mol. The first-order chi connectivity index (χ1) is 10.5. The molecular formula is C17H12ClIN2O. The summed E-state index contributed by atoms with van der Waals surface area (Å²) in [5.74, 6) is 0.277. The topological polar surface area (TPSA) is 41.5 Å². The summed E-state index contributed by atoms with van der Waals surface area (Å²) in [7, 11) is 0. The number of rotatable bonds is 2. The summed E-state index contributed by atoms with van der Waals surface area (Å²) in [6.45, 7) is 2.01.